The van der Waals surface area contributed by atoms with E-state index in [1.807, 2.05) is 25.1 Å². The van der Waals surface area contributed by atoms with Crippen molar-refractivity contribution >= 4 is 0 Å². The Labute approximate surface area is 114 Å². The van der Waals surface area contributed by atoms with Crippen molar-refractivity contribution in [3.63, 3.8) is 0 Å². The molecule has 0 amide bonds. The van der Waals surface area contributed by atoms with Crippen LogP contribution in [0.5, 0.6) is 0 Å². The molecule has 2 heterocycles. The molecule has 0 spiro atoms. The molecule has 2 aromatic rings. The summed E-state index contributed by atoms with van der Waals surface area (Å²) in [5, 5.41) is 3.42. The predicted octanol–water partition coefficient (Wildman–Crippen LogP) is 2.74. The van der Waals surface area contributed by atoms with E-state index in [-0.39, 0.29) is 5.54 Å². The second-order valence-corrected chi connectivity index (χ2v) is 5.69. The third-order valence-electron chi connectivity index (χ3n) is 2.66. The third kappa shape index (κ3) is 4.10. The number of nitrogens with one attached hydrogen (secondary N) is 1. The summed E-state index contributed by atoms with van der Waals surface area (Å²) in [5.74, 6) is 0.678. The zero-order valence-corrected chi connectivity index (χ0v) is 11.9. The minimum Gasteiger partial charge on any atom is -0.306 e. The van der Waals surface area contributed by atoms with E-state index in [4.69, 9.17) is 0 Å². The van der Waals surface area contributed by atoms with Crippen LogP contribution in [0.25, 0.3) is 11.5 Å². The zero-order chi connectivity index (χ0) is 13.9. The van der Waals surface area contributed by atoms with Gasteiger partial charge in [0.1, 0.15) is 5.69 Å². The minimum absolute atomic E-state index is 0.0761. The molecule has 4 nitrogen and oxygen atoms in total. The van der Waals surface area contributed by atoms with Crippen LogP contribution in [0, 0.1) is 6.92 Å². The van der Waals surface area contributed by atoms with E-state index in [9.17, 15) is 0 Å². The second-order valence-electron chi connectivity index (χ2n) is 5.69. The minimum atomic E-state index is 0.0761. The van der Waals surface area contributed by atoms with Gasteiger partial charge in [-0.25, -0.2) is 9.97 Å². The molecule has 0 saturated heterocycles. The van der Waals surface area contributed by atoms with Crippen LogP contribution >= 0.6 is 0 Å². The summed E-state index contributed by atoms with van der Waals surface area (Å²) < 4.78 is 0. The second kappa shape index (κ2) is 5.45. The molecule has 0 aliphatic rings. The molecule has 0 aliphatic heterocycles. The van der Waals surface area contributed by atoms with Crippen molar-refractivity contribution in [1.29, 1.82) is 0 Å². The summed E-state index contributed by atoms with van der Waals surface area (Å²) in [6.07, 6.45) is 3.57. The molecule has 100 valence electrons. The average molecular weight is 256 g/mol. The summed E-state index contributed by atoms with van der Waals surface area (Å²) in [6.45, 7) is 9.17. The Morgan fingerprint density at radius 2 is 1.84 bits per heavy atom. The lowest BCUT2D eigenvalue weighted by Gasteiger charge is -2.20. The normalized spacial score (nSPS) is 11.6. The number of hydrogen-bond donors (Lipinski definition) is 1. The van der Waals surface area contributed by atoms with E-state index in [2.05, 4.69) is 41.0 Å². The number of rotatable bonds is 3. The van der Waals surface area contributed by atoms with Crippen LogP contribution in [0.1, 0.15) is 32.0 Å². The molecule has 0 aliphatic carbocycles. The Hall–Kier alpha value is -1.81. The van der Waals surface area contributed by atoms with Gasteiger partial charge in [0, 0.05) is 24.5 Å². The SMILES string of the molecule is Cc1ccnc(-c2nccc(CNC(C)(C)C)n2)c1. The highest BCUT2D eigenvalue weighted by Crippen LogP contribution is 2.13. The van der Waals surface area contributed by atoms with Crippen molar-refractivity contribution in [1.82, 2.24) is 20.3 Å². The Balaban J connectivity index is 2.20. The van der Waals surface area contributed by atoms with Crippen LogP contribution in [0.2, 0.25) is 0 Å². The summed E-state index contributed by atoms with van der Waals surface area (Å²) in [6, 6.07) is 5.89. The highest BCUT2D eigenvalue weighted by Gasteiger charge is 2.10. The van der Waals surface area contributed by atoms with Gasteiger partial charge >= 0.3 is 0 Å². The Morgan fingerprint density at radius 3 is 2.53 bits per heavy atom. The van der Waals surface area contributed by atoms with E-state index in [1.54, 1.807) is 12.4 Å². The quantitative estimate of drug-likeness (QED) is 0.917. The molecular formula is C15H20N4. The van der Waals surface area contributed by atoms with Gasteiger partial charge in [0.05, 0.1) is 5.69 Å². The van der Waals surface area contributed by atoms with Crippen LogP contribution in [-0.4, -0.2) is 20.5 Å². The number of pyridine rings is 1. The van der Waals surface area contributed by atoms with Gasteiger partial charge in [-0.3, -0.25) is 4.98 Å². The predicted molar refractivity (Wildman–Crippen MR) is 76.6 cm³/mol. The topological polar surface area (TPSA) is 50.7 Å². The first-order chi connectivity index (χ1) is 8.94. The molecule has 4 heteroatoms. The molecule has 0 radical (unpaired) electrons. The fraction of sp³-hybridized carbons (Fsp3) is 0.400. The largest absolute Gasteiger partial charge is 0.306 e. The van der Waals surface area contributed by atoms with Crippen molar-refractivity contribution in [2.75, 3.05) is 0 Å². The van der Waals surface area contributed by atoms with Crippen LogP contribution in [0.15, 0.2) is 30.6 Å². The highest BCUT2D eigenvalue weighted by molar-refractivity contribution is 5.49. The Bertz CT molecular complexity index is 558. The van der Waals surface area contributed by atoms with Crippen molar-refractivity contribution in [3.05, 3.63) is 41.9 Å². The molecule has 2 rings (SSSR count). The summed E-state index contributed by atoms with van der Waals surface area (Å²) >= 11 is 0. The van der Waals surface area contributed by atoms with Crippen molar-refractivity contribution in [3.8, 4) is 11.5 Å². The van der Waals surface area contributed by atoms with Gasteiger partial charge in [0.2, 0.25) is 0 Å². The summed E-state index contributed by atoms with van der Waals surface area (Å²) in [5.41, 5.74) is 3.03. The maximum Gasteiger partial charge on any atom is 0.178 e. The number of aromatic nitrogens is 3. The molecule has 0 atom stereocenters. The van der Waals surface area contributed by atoms with Crippen molar-refractivity contribution in [2.45, 2.75) is 39.8 Å². The van der Waals surface area contributed by atoms with Gasteiger partial charge in [0.15, 0.2) is 5.82 Å². The van der Waals surface area contributed by atoms with Crippen molar-refractivity contribution in [2.24, 2.45) is 0 Å². The molecular weight excluding hydrogens is 236 g/mol. The van der Waals surface area contributed by atoms with Crippen LogP contribution in [-0.2, 0) is 6.54 Å². The first-order valence-electron chi connectivity index (χ1n) is 6.44. The maximum absolute atomic E-state index is 4.55. The fourth-order valence-electron chi connectivity index (χ4n) is 1.63. The lowest BCUT2D eigenvalue weighted by Crippen LogP contribution is -2.35. The van der Waals surface area contributed by atoms with Gasteiger partial charge in [0.25, 0.3) is 0 Å². The fourth-order valence-corrected chi connectivity index (χ4v) is 1.63. The molecule has 0 unspecified atom stereocenters. The van der Waals surface area contributed by atoms with E-state index in [0.717, 1.165) is 23.5 Å². The molecule has 0 bridgehead atoms. The molecule has 2 aromatic heterocycles. The maximum atomic E-state index is 4.55. The third-order valence-corrected chi connectivity index (χ3v) is 2.66. The summed E-state index contributed by atoms with van der Waals surface area (Å²) in [4.78, 5) is 13.2. The van der Waals surface area contributed by atoms with E-state index < -0.39 is 0 Å². The van der Waals surface area contributed by atoms with Gasteiger partial charge in [-0.1, -0.05) is 0 Å². The first-order valence-corrected chi connectivity index (χ1v) is 6.44. The highest BCUT2D eigenvalue weighted by atomic mass is 15.0. The van der Waals surface area contributed by atoms with Crippen molar-refractivity contribution < 1.29 is 0 Å². The van der Waals surface area contributed by atoms with E-state index in [1.165, 1.54) is 0 Å². The smallest absolute Gasteiger partial charge is 0.178 e. The first kappa shape index (κ1) is 13.6. The molecule has 0 fully saturated rings. The number of aryl methyl sites for hydroxylation is 1. The number of nitrogens with zero attached hydrogens (tertiary/aromatic N) is 3. The zero-order valence-electron chi connectivity index (χ0n) is 11.9. The van der Waals surface area contributed by atoms with Gasteiger partial charge in [-0.2, -0.15) is 0 Å². The molecule has 0 saturated carbocycles. The van der Waals surface area contributed by atoms with E-state index >= 15 is 0 Å². The summed E-state index contributed by atoms with van der Waals surface area (Å²) in [7, 11) is 0. The monoisotopic (exact) mass is 256 g/mol. The average Bonchev–Trinajstić information content (AvgIpc) is 2.36. The van der Waals surface area contributed by atoms with Gasteiger partial charge in [-0.05, 0) is 51.5 Å². The van der Waals surface area contributed by atoms with Gasteiger partial charge < -0.3 is 5.32 Å². The Morgan fingerprint density at radius 1 is 1.11 bits per heavy atom. The Kier molecular flexibility index (Phi) is 3.90. The molecule has 0 aromatic carbocycles. The standard InChI is InChI=1S/C15H20N4/c1-11-5-7-16-13(9-11)14-17-8-6-12(19-14)10-18-15(2,3)4/h5-9,18H,10H2,1-4H3. The van der Waals surface area contributed by atoms with Gasteiger partial charge in [-0.15, -0.1) is 0 Å². The van der Waals surface area contributed by atoms with Crippen LogP contribution in [0.3, 0.4) is 0 Å². The van der Waals surface area contributed by atoms with Crippen LogP contribution < -0.4 is 5.32 Å². The lowest BCUT2D eigenvalue weighted by atomic mass is 10.1. The van der Waals surface area contributed by atoms with E-state index in [0.29, 0.717) is 5.82 Å². The molecule has 19 heavy (non-hydrogen) atoms. The number of hydrogen-bond acceptors (Lipinski definition) is 4. The molecule has 1 N–H and O–H groups in total. The van der Waals surface area contributed by atoms with Crippen LogP contribution in [0.4, 0.5) is 0 Å². The lowest BCUT2D eigenvalue weighted by molar-refractivity contribution is 0.421.